The highest BCUT2D eigenvalue weighted by molar-refractivity contribution is 5.83. The summed E-state index contributed by atoms with van der Waals surface area (Å²) >= 11 is 0. The Hall–Kier alpha value is -1.98. The van der Waals surface area contributed by atoms with Crippen LogP contribution in [0.15, 0.2) is 18.2 Å². The van der Waals surface area contributed by atoms with Gasteiger partial charge in [0.2, 0.25) is 5.91 Å². The molecule has 4 nitrogen and oxygen atoms in total. The Bertz CT molecular complexity index is 604. The van der Waals surface area contributed by atoms with E-state index in [1.807, 2.05) is 13.8 Å². The molecule has 1 fully saturated rings. The summed E-state index contributed by atoms with van der Waals surface area (Å²) in [5.41, 5.74) is 0.228. The Kier molecular flexibility index (Phi) is 5.34. The van der Waals surface area contributed by atoms with Crippen LogP contribution in [-0.2, 0) is 9.59 Å². The summed E-state index contributed by atoms with van der Waals surface area (Å²) in [6, 6.07) is 3.26. The average molecular weight is 325 g/mol. The molecule has 0 heterocycles. The van der Waals surface area contributed by atoms with E-state index in [1.165, 1.54) is 4.90 Å². The highest BCUT2D eigenvalue weighted by atomic mass is 19.1. The van der Waals surface area contributed by atoms with Crippen molar-refractivity contribution in [2.24, 2.45) is 11.8 Å². The highest BCUT2D eigenvalue weighted by Gasteiger charge is 2.47. The van der Waals surface area contributed by atoms with Crippen LogP contribution in [0.25, 0.3) is 0 Å². The number of carboxylic acids is 1. The summed E-state index contributed by atoms with van der Waals surface area (Å²) in [6.45, 7) is 4.48. The highest BCUT2D eigenvalue weighted by Crippen LogP contribution is 2.49. The lowest BCUT2D eigenvalue weighted by Crippen LogP contribution is -2.37. The molecule has 0 bridgehead atoms. The van der Waals surface area contributed by atoms with E-state index in [0.29, 0.717) is 13.0 Å². The predicted octanol–water partition coefficient (Wildman–Crippen LogP) is 3.03. The monoisotopic (exact) mass is 325 g/mol. The van der Waals surface area contributed by atoms with Crippen LogP contribution in [0.1, 0.15) is 38.2 Å². The largest absolute Gasteiger partial charge is 0.481 e. The quantitative estimate of drug-likeness (QED) is 0.838. The third kappa shape index (κ3) is 4.50. The molecule has 126 valence electrons. The molecule has 0 saturated heterocycles. The molecule has 1 aromatic carbocycles. The van der Waals surface area contributed by atoms with E-state index in [1.54, 1.807) is 0 Å². The maximum absolute atomic E-state index is 13.8. The summed E-state index contributed by atoms with van der Waals surface area (Å²) in [5, 5.41) is 8.80. The Balaban J connectivity index is 2.06. The Morgan fingerprint density at radius 3 is 2.65 bits per heavy atom. The van der Waals surface area contributed by atoms with E-state index in [0.717, 1.165) is 18.2 Å². The second-order valence-electron chi connectivity index (χ2n) is 6.44. The van der Waals surface area contributed by atoms with Crippen molar-refractivity contribution in [2.45, 2.75) is 32.6 Å². The van der Waals surface area contributed by atoms with Crippen molar-refractivity contribution in [3.63, 3.8) is 0 Å². The van der Waals surface area contributed by atoms with Gasteiger partial charge in [0.15, 0.2) is 0 Å². The SMILES string of the molecule is CC(C)CN(CCC(=O)O)C(=O)C1CC1c1cc(F)ccc1F. The molecule has 2 atom stereocenters. The lowest BCUT2D eigenvalue weighted by molar-refractivity contribution is -0.139. The van der Waals surface area contributed by atoms with Crippen molar-refractivity contribution in [3.05, 3.63) is 35.4 Å². The fourth-order valence-corrected chi connectivity index (χ4v) is 2.81. The van der Waals surface area contributed by atoms with Gasteiger partial charge in [0.1, 0.15) is 11.6 Å². The summed E-state index contributed by atoms with van der Waals surface area (Å²) in [5.74, 6) is -2.67. The first-order chi connectivity index (χ1) is 10.8. The average Bonchev–Trinajstić information content (AvgIpc) is 3.25. The number of carbonyl (C=O) groups is 2. The second kappa shape index (κ2) is 7.06. The van der Waals surface area contributed by atoms with Crippen molar-refractivity contribution in [3.8, 4) is 0 Å². The lowest BCUT2D eigenvalue weighted by Gasteiger charge is -2.24. The first kappa shape index (κ1) is 17.4. The number of amides is 1. The molecule has 1 N–H and O–H groups in total. The summed E-state index contributed by atoms with van der Waals surface area (Å²) < 4.78 is 27.1. The van der Waals surface area contributed by atoms with Crippen LogP contribution in [-0.4, -0.2) is 35.0 Å². The molecule has 1 aliphatic rings. The van der Waals surface area contributed by atoms with E-state index >= 15 is 0 Å². The molecular formula is C17H21F2NO3. The van der Waals surface area contributed by atoms with Crippen LogP contribution >= 0.6 is 0 Å². The molecule has 6 heteroatoms. The normalized spacial score (nSPS) is 19.7. The van der Waals surface area contributed by atoms with Crippen LogP contribution in [0, 0.1) is 23.5 Å². The number of halogens is 2. The van der Waals surface area contributed by atoms with Crippen molar-refractivity contribution in [1.29, 1.82) is 0 Å². The van der Waals surface area contributed by atoms with Gasteiger partial charge in [0.25, 0.3) is 0 Å². The smallest absolute Gasteiger partial charge is 0.305 e. The number of hydrogen-bond acceptors (Lipinski definition) is 2. The maximum atomic E-state index is 13.8. The number of nitrogens with zero attached hydrogens (tertiary/aromatic N) is 1. The van der Waals surface area contributed by atoms with E-state index in [4.69, 9.17) is 5.11 Å². The Morgan fingerprint density at radius 1 is 1.35 bits per heavy atom. The molecule has 1 aromatic rings. The van der Waals surface area contributed by atoms with Gasteiger partial charge in [-0.05, 0) is 42.0 Å². The summed E-state index contributed by atoms with van der Waals surface area (Å²) in [6.07, 6.45) is 0.352. The van der Waals surface area contributed by atoms with Crippen LogP contribution in [0.2, 0.25) is 0 Å². The van der Waals surface area contributed by atoms with Crippen LogP contribution in [0.5, 0.6) is 0 Å². The molecule has 2 unspecified atom stereocenters. The minimum atomic E-state index is -0.963. The molecule has 1 aliphatic carbocycles. The molecule has 2 rings (SSSR count). The van der Waals surface area contributed by atoms with Crippen molar-refractivity contribution < 1.29 is 23.5 Å². The van der Waals surface area contributed by atoms with Crippen molar-refractivity contribution >= 4 is 11.9 Å². The van der Waals surface area contributed by atoms with Gasteiger partial charge in [-0.15, -0.1) is 0 Å². The van der Waals surface area contributed by atoms with Gasteiger partial charge in [-0.3, -0.25) is 9.59 Å². The van der Waals surface area contributed by atoms with Gasteiger partial charge in [-0.2, -0.15) is 0 Å². The number of carboxylic acid groups (broad SMARTS) is 1. The van der Waals surface area contributed by atoms with Gasteiger partial charge in [0, 0.05) is 19.0 Å². The third-order valence-electron chi connectivity index (χ3n) is 3.96. The maximum Gasteiger partial charge on any atom is 0.305 e. The van der Waals surface area contributed by atoms with Crippen LogP contribution in [0.4, 0.5) is 8.78 Å². The molecular weight excluding hydrogens is 304 g/mol. The molecule has 23 heavy (non-hydrogen) atoms. The summed E-state index contributed by atoms with van der Waals surface area (Å²) in [4.78, 5) is 24.8. The standard InChI is InChI=1S/C17H21F2NO3/c1-10(2)9-20(6-5-16(21)22)17(23)14-8-12(14)13-7-11(18)3-4-15(13)19/h3-4,7,10,12,14H,5-6,8-9H2,1-2H3,(H,21,22). The molecule has 0 radical (unpaired) electrons. The van der Waals surface area contributed by atoms with Crippen LogP contribution in [0.3, 0.4) is 0 Å². The van der Waals surface area contributed by atoms with E-state index in [-0.39, 0.29) is 42.2 Å². The van der Waals surface area contributed by atoms with Crippen LogP contribution < -0.4 is 0 Å². The fraction of sp³-hybridized carbons (Fsp3) is 0.529. The Morgan fingerprint density at radius 2 is 2.04 bits per heavy atom. The minimum absolute atomic E-state index is 0.121. The molecule has 0 aromatic heterocycles. The van der Waals surface area contributed by atoms with Gasteiger partial charge in [-0.25, -0.2) is 8.78 Å². The number of hydrogen-bond donors (Lipinski definition) is 1. The number of rotatable bonds is 7. The first-order valence-corrected chi connectivity index (χ1v) is 7.75. The lowest BCUT2D eigenvalue weighted by atomic mass is 10.1. The van der Waals surface area contributed by atoms with E-state index < -0.39 is 17.6 Å². The van der Waals surface area contributed by atoms with Gasteiger partial charge >= 0.3 is 5.97 Å². The molecule has 1 saturated carbocycles. The number of aliphatic carboxylic acids is 1. The molecule has 0 spiro atoms. The molecule has 0 aliphatic heterocycles. The Labute approximate surface area is 134 Å². The van der Waals surface area contributed by atoms with Crippen molar-refractivity contribution in [1.82, 2.24) is 4.90 Å². The first-order valence-electron chi connectivity index (χ1n) is 7.75. The van der Waals surface area contributed by atoms with E-state index in [2.05, 4.69) is 0 Å². The number of benzene rings is 1. The molecule has 1 amide bonds. The zero-order valence-corrected chi connectivity index (χ0v) is 13.3. The zero-order chi connectivity index (χ0) is 17.1. The predicted molar refractivity (Wildman–Crippen MR) is 80.9 cm³/mol. The number of carbonyl (C=O) groups excluding carboxylic acids is 1. The fourth-order valence-electron chi connectivity index (χ4n) is 2.81. The van der Waals surface area contributed by atoms with Gasteiger partial charge < -0.3 is 10.0 Å². The second-order valence-corrected chi connectivity index (χ2v) is 6.44. The summed E-state index contributed by atoms with van der Waals surface area (Å²) in [7, 11) is 0. The van der Waals surface area contributed by atoms with Gasteiger partial charge in [-0.1, -0.05) is 13.8 Å². The van der Waals surface area contributed by atoms with Gasteiger partial charge in [0.05, 0.1) is 6.42 Å². The van der Waals surface area contributed by atoms with E-state index in [9.17, 15) is 18.4 Å². The zero-order valence-electron chi connectivity index (χ0n) is 13.3. The minimum Gasteiger partial charge on any atom is -0.481 e. The van der Waals surface area contributed by atoms with Crippen molar-refractivity contribution in [2.75, 3.05) is 13.1 Å². The topological polar surface area (TPSA) is 57.6 Å². The third-order valence-corrected chi connectivity index (χ3v) is 3.96.